The maximum absolute atomic E-state index is 12.3. The number of anilines is 2. The van der Waals surface area contributed by atoms with Crippen LogP contribution in [0.4, 0.5) is 11.6 Å². The summed E-state index contributed by atoms with van der Waals surface area (Å²) in [5.74, 6) is -1.53. The minimum absolute atomic E-state index is 0.00447. The zero-order valence-electron chi connectivity index (χ0n) is 27.1. The number of ether oxygens (including phenoxy) is 1. The number of nitrogen functional groups attached to an aromatic ring is 2. The zero-order valence-corrected chi connectivity index (χ0v) is 27.9. The highest BCUT2D eigenvalue weighted by atomic mass is 35.5. The molecule has 3 atom stereocenters. The lowest BCUT2D eigenvalue weighted by Gasteiger charge is -2.28. The van der Waals surface area contributed by atoms with Crippen molar-refractivity contribution < 1.29 is 34.8 Å². The van der Waals surface area contributed by atoms with Gasteiger partial charge in [-0.15, -0.1) is 0 Å². The SMILES string of the molecule is N=C(NCCCCc1ccc(OCCN(CCCc2ccccc2)C[C@H](O)[C@@H](O)[C@H](O)C(=O)CO)cc1)NC(=O)c1nc(Cl)c(N)nc1N. The number of benzene rings is 2. The smallest absolute Gasteiger partial charge is 0.280 e. The van der Waals surface area contributed by atoms with Crippen LogP contribution in [0.15, 0.2) is 54.6 Å². The minimum atomic E-state index is -1.88. The first kappa shape index (κ1) is 39.1. The van der Waals surface area contributed by atoms with E-state index in [2.05, 4.69) is 20.6 Å². The second-order valence-corrected chi connectivity index (χ2v) is 11.7. The van der Waals surface area contributed by atoms with Crippen LogP contribution < -0.4 is 26.8 Å². The van der Waals surface area contributed by atoms with E-state index in [1.807, 2.05) is 59.5 Å². The molecule has 0 fully saturated rings. The number of aryl methyl sites for hydroxylation is 2. The molecule has 266 valence electrons. The van der Waals surface area contributed by atoms with Crippen LogP contribution in [0.5, 0.6) is 5.75 Å². The van der Waals surface area contributed by atoms with Crippen molar-refractivity contribution >= 4 is 40.9 Å². The Labute approximate surface area is 289 Å². The van der Waals surface area contributed by atoms with E-state index < -0.39 is 36.6 Å². The zero-order chi connectivity index (χ0) is 35.8. The fourth-order valence-corrected chi connectivity index (χ4v) is 4.98. The first-order valence-corrected chi connectivity index (χ1v) is 16.2. The molecule has 11 N–H and O–H groups in total. The Bertz CT molecular complexity index is 1500. The van der Waals surface area contributed by atoms with Crippen molar-refractivity contribution in [2.45, 2.75) is 50.4 Å². The van der Waals surface area contributed by atoms with Gasteiger partial charge in [0.15, 0.2) is 34.2 Å². The quantitative estimate of drug-likeness (QED) is 0.0444. The molecule has 1 aromatic heterocycles. The maximum atomic E-state index is 12.3. The maximum Gasteiger partial charge on any atom is 0.280 e. The van der Waals surface area contributed by atoms with E-state index in [1.54, 1.807) is 0 Å². The van der Waals surface area contributed by atoms with Gasteiger partial charge in [0.25, 0.3) is 5.91 Å². The summed E-state index contributed by atoms with van der Waals surface area (Å²) in [6.45, 7) is 0.806. The minimum Gasteiger partial charge on any atom is -0.492 e. The lowest BCUT2D eigenvalue weighted by atomic mass is 10.0. The molecular weight excluding hydrogens is 656 g/mol. The van der Waals surface area contributed by atoms with E-state index in [1.165, 1.54) is 5.56 Å². The van der Waals surface area contributed by atoms with Crippen molar-refractivity contribution in [2.24, 2.45) is 0 Å². The monoisotopic (exact) mass is 700 g/mol. The lowest BCUT2D eigenvalue weighted by Crippen LogP contribution is -2.48. The third-order valence-electron chi connectivity index (χ3n) is 7.58. The molecule has 0 radical (unpaired) electrons. The van der Waals surface area contributed by atoms with Crippen molar-refractivity contribution in [1.82, 2.24) is 25.5 Å². The Hall–Kier alpha value is -4.38. The topological polar surface area (TPSA) is 253 Å². The molecule has 2 aromatic carbocycles. The summed E-state index contributed by atoms with van der Waals surface area (Å²) in [4.78, 5) is 33.4. The second-order valence-electron chi connectivity index (χ2n) is 11.4. The number of carbonyl (C=O) groups is 2. The number of unbranched alkanes of at least 4 members (excludes halogenated alkanes) is 1. The summed E-state index contributed by atoms with van der Waals surface area (Å²) in [7, 11) is 0. The Morgan fingerprint density at radius 3 is 2.29 bits per heavy atom. The average molecular weight is 701 g/mol. The number of guanidine groups is 1. The number of hydrogen-bond donors (Lipinski definition) is 9. The molecule has 0 saturated heterocycles. The normalized spacial score (nSPS) is 13.0. The van der Waals surface area contributed by atoms with Gasteiger partial charge in [0.2, 0.25) is 0 Å². The molecule has 3 aromatic rings. The van der Waals surface area contributed by atoms with Gasteiger partial charge in [-0.05, 0) is 61.9 Å². The standard InChI is InChI=1S/C33H45ClN8O7/c34-29-31(36)40-30(35)26(39-29)32(48)41-33(37)38-15-5-4-9-22-11-13-23(14-12-22)49-18-17-42(16-6-10-21-7-2-1-3-8-21)19-24(44)27(46)28(47)25(45)20-43/h1-3,7-8,11-14,24,27-28,43-44,46-47H,4-6,9-10,15-20H2,(H4,35,36,40)(H3,37,38,41,48)/t24-,27+,28+/m0/s1. The van der Waals surface area contributed by atoms with E-state index in [9.17, 15) is 24.9 Å². The molecule has 0 saturated carbocycles. The van der Waals surface area contributed by atoms with Crippen molar-refractivity contribution in [1.29, 1.82) is 5.41 Å². The number of carbonyl (C=O) groups excluding carboxylic acids is 2. The third-order valence-corrected chi connectivity index (χ3v) is 7.86. The fourth-order valence-electron chi connectivity index (χ4n) is 4.85. The van der Waals surface area contributed by atoms with Crippen LogP contribution in [-0.4, -0.2) is 111 Å². The van der Waals surface area contributed by atoms with E-state index in [4.69, 9.17) is 38.3 Å². The van der Waals surface area contributed by atoms with Crippen molar-refractivity contribution in [3.05, 3.63) is 76.6 Å². The van der Waals surface area contributed by atoms with Gasteiger partial charge in [-0.1, -0.05) is 54.1 Å². The summed E-state index contributed by atoms with van der Waals surface area (Å²) in [5, 5.41) is 52.6. The number of nitrogens with zero attached hydrogens (tertiary/aromatic N) is 3. The van der Waals surface area contributed by atoms with Crippen LogP contribution in [0.2, 0.25) is 5.15 Å². The molecule has 3 rings (SSSR count). The first-order chi connectivity index (χ1) is 23.5. The van der Waals surface area contributed by atoms with E-state index in [0.29, 0.717) is 32.0 Å². The number of hydrogen-bond acceptors (Lipinski definition) is 13. The van der Waals surface area contributed by atoms with Gasteiger partial charge in [0.05, 0.1) is 6.10 Å². The van der Waals surface area contributed by atoms with E-state index >= 15 is 0 Å². The van der Waals surface area contributed by atoms with Crippen molar-refractivity contribution in [2.75, 3.05) is 50.9 Å². The van der Waals surface area contributed by atoms with Gasteiger partial charge in [0.1, 0.15) is 31.2 Å². The molecule has 15 nitrogen and oxygen atoms in total. The molecule has 16 heteroatoms. The molecule has 49 heavy (non-hydrogen) atoms. The molecule has 0 unspecified atom stereocenters. The van der Waals surface area contributed by atoms with Gasteiger partial charge in [-0.25, -0.2) is 9.97 Å². The number of ketones is 1. The van der Waals surface area contributed by atoms with Gasteiger partial charge in [-0.2, -0.15) is 0 Å². The first-order valence-electron chi connectivity index (χ1n) is 15.9. The van der Waals surface area contributed by atoms with Crippen LogP contribution in [0.1, 0.15) is 40.9 Å². The van der Waals surface area contributed by atoms with Crippen LogP contribution >= 0.6 is 11.6 Å². The average Bonchev–Trinajstić information content (AvgIpc) is 3.09. The number of nitrogens with two attached hydrogens (primary N) is 2. The Morgan fingerprint density at radius 1 is 0.918 bits per heavy atom. The van der Waals surface area contributed by atoms with Crippen LogP contribution in [0, 0.1) is 5.41 Å². The molecule has 0 aliphatic rings. The predicted molar refractivity (Wildman–Crippen MR) is 185 cm³/mol. The van der Waals surface area contributed by atoms with Gasteiger partial charge < -0.3 is 41.9 Å². The molecule has 0 spiro atoms. The summed E-state index contributed by atoms with van der Waals surface area (Å²) in [5.41, 5.74) is 13.2. The molecule has 0 aliphatic heterocycles. The number of Topliss-reactive ketones (excluding diaryl/α,β-unsaturated/α-hetero) is 1. The number of halogens is 1. The number of rotatable bonds is 20. The molecule has 0 aliphatic carbocycles. The Morgan fingerprint density at radius 2 is 1.59 bits per heavy atom. The number of aliphatic hydroxyl groups is 4. The highest BCUT2D eigenvalue weighted by Crippen LogP contribution is 2.17. The Balaban J connectivity index is 1.39. The van der Waals surface area contributed by atoms with Gasteiger partial charge >= 0.3 is 0 Å². The van der Waals surface area contributed by atoms with E-state index in [0.717, 1.165) is 37.7 Å². The van der Waals surface area contributed by atoms with Gasteiger partial charge in [-0.3, -0.25) is 25.2 Å². The lowest BCUT2D eigenvalue weighted by molar-refractivity contribution is -0.142. The van der Waals surface area contributed by atoms with Crippen molar-refractivity contribution in [3.63, 3.8) is 0 Å². The molecular formula is C33H45ClN8O7. The molecule has 1 heterocycles. The van der Waals surface area contributed by atoms with E-state index in [-0.39, 0.29) is 35.0 Å². The van der Waals surface area contributed by atoms with Crippen LogP contribution in [0.3, 0.4) is 0 Å². The fraction of sp³-hybridized carbons (Fsp3) is 0.424. The number of aromatic nitrogens is 2. The van der Waals surface area contributed by atoms with Crippen molar-refractivity contribution in [3.8, 4) is 5.75 Å². The highest BCUT2D eigenvalue weighted by Gasteiger charge is 2.30. The second kappa shape index (κ2) is 20.2. The Kier molecular flexibility index (Phi) is 16.1. The molecule has 1 amide bonds. The van der Waals surface area contributed by atoms with Gasteiger partial charge in [0, 0.05) is 19.6 Å². The number of amides is 1. The summed E-state index contributed by atoms with van der Waals surface area (Å²) < 4.78 is 5.93. The summed E-state index contributed by atoms with van der Waals surface area (Å²) in [6.07, 6.45) is -1.09. The number of aliphatic hydroxyl groups excluding tert-OH is 4. The highest BCUT2D eigenvalue weighted by molar-refractivity contribution is 6.31. The number of nitrogens with one attached hydrogen (secondary N) is 3. The summed E-state index contributed by atoms with van der Waals surface area (Å²) >= 11 is 5.80. The summed E-state index contributed by atoms with van der Waals surface area (Å²) in [6, 6.07) is 17.6. The van der Waals surface area contributed by atoms with Crippen LogP contribution in [0.25, 0.3) is 0 Å². The predicted octanol–water partition coefficient (Wildman–Crippen LogP) is 0.529. The third kappa shape index (κ3) is 13.2. The molecule has 0 bridgehead atoms. The largest absolute Gasteiger partial charge is 0.492 e. The van der Waals surface area contributed by atoms with Crippen LogP contribution in [-0.2, 0) is 17.6 Å².